The van der Waals surface area contributed by atoms with Crippen LogP contribution in [0.2, 0.25) is 5.02 Å². The van der Waals surface area contributed by atoms with E-state index in [-0.39, 0.29) is 17.0 Å². The SMILES string of the molecule is O=CC(=O)Nc1ccc(F)c(Cl)c1. The van der Waals surface area contributed by atoms with Crippen molar-refractivity contribution in [2.45, 2.75) is 0 Å². The topological polar surface area (TPSA) is 46.2 Å². The van der Waals surface area contributed by atoms with Crippen molar-refractivity contribution in [3.63, 3.8) is 0 Å². The van der Waals surface area contributed by atoms with E-state index in [1.807, 2.05) is 0 Å². The van der Waals surface area contributed by atoms with Gasteiger partial charge in [-0.1, -0.05) is 11.6 Å². The first kappa shape index (κ1) is 9.67. The van der Waals surface area contributed by atoms with E-state index >= 15 is 0 Å². The minimum atomic E-state index is -0.803. The summed E-state index contributed by atoms with van der Waals surface area (Å²) in [7, 11) is 0. The van der Waals surface area contributed by atoms with Crippen molar-refractivity contribution in [3.8, 4) is 0 Å². The predicted molar refractivity (Wildman–Crippen MR) is 46.1 cm³/mol. The maximum atomic E-state index is 12.6. The number of amides is 1. The molecule has 0 bridgehead atoms. The lowest BCUT2D eigenvalue weighted by molar-refractivity contribution is -0.127. The van der Waals surface area contributed by atoms with E-state index in [9.17, 15) is 14.0 Å². The Kier molecular flexibility index (Phi) is 2.97. The van der Waals surface area contributed by atoms with Crippen LogP contribution in [0.5, 0.6) is 0 Å². The minimum absolute atomic E-state index is 0.108. The number of aldehydes is 1. The quantitative estimate of drug-likeness (QED) is 0.584. The largest absolute Gasteiger partial charge is 0.320 e. The van der Waals surface area contributed by atoms with Crippen LogP contribution in [0.3, 0.4) is 0 Å². The van der Waals surface area contributed by atoms with Crippen molar-refractivity contribution in [2.24, 2.45) is 0 Å². The molecule has 1 aromatic carbocycles. The summed E-state index contributed by atoms with van der Waals surface area (Å²) in [5.74, 6) is -1.38. The Bertz CT molecular complexity index is 354. The molecule has 1 aromatic rings. The highest BCUT2D eigenvalue weighted by Crippen LogP contribution is 2.18. The number of hydrogen-bond acceptors (Lipinski definition) is 2. The summed E-state index contributed by atoms with van der Waals surface area (Å²) in [5.41, 5.74) is 0.281. The third kappa shape index (κ3) is 2.52. The summed E-state index contributed by atoms with van der Waals surface area (Å²) in [6.07, 6.45) is 0.122. The van der Waals surface area contributed by atoms with Gasteiger partial charge < -0.3 is 5.32 Å². The molecule has 3 nitrogen and oxygen atoms in total. The fourth-order valence-electron chi connectivity index (χ4n) is 0.746. The highest BCUT2D eigenvalue weighted by atomic mass is 35.5. The lowest BCUT2D eigenvalue weighted by Gasteiger charge is -2.01. The number of rotatable bonds is 2. The monoisotopic (exact) mass is 201 g/mol. The number of carbonyl (C=O) groups excluding carboxylic acids is 2. The molecule has 0 aliphatic carbocycles. The second kappa shape index (κ2) is 4.00. The van der Waals surface area contributed by atoms with Gasteiger partial charge in [0, 0.05) is 5.69 Å². The van der Waals surface area contributed by atoms with Crippen LogP contribution in [0, 0.1) is 5.82 Å². The summed E-state index contributed by atoms with van der Waals surface area (Å²) >= 11 is 5.43. The number of carbonyl (C=O) groups is 2. The molecule has 1 N–H and O–H groups in total. The zero-order valence-corrected chi connectivity index (χ0v) is 7.14. The first-order valence-electron chi connectivity index (χ1n) is 3.34. The van der Waals surface area contributed by atoms with Crippen LogP contribution in [0.25, 0.3) is 0 Å². The van der Waals surface area contributed by atoms with Crippen LogP contribution >= 0.6 is 11.6 Å². The highest BCUT2D eigenvalue weighted by molar-refractivity contribution is 6.32. The fraction of sp³-hybridized carbons (Fsp3) is 0. The normalized spacial score (nSPS) is 9.38. The molecule has 5 heteroatoms. The van der Waals surface area contributed by atoms with E-state index in [4.69, 9.17) is 11.6 Å². The molecule has 0 unspecified atom stereocenters. The molecule has 68 valence electrons. The van der Waals surface area contributed by atoms with Gasteiger partial charge in [-0.25, -0.2) is 4.39 Å². The molecule has 0 saturated heterocycles. The average molecular weight is 202 g/mol. The van der Waals surface area contributed by atoms with Gasteiger partial charge in [0.25, 0.3) is 5.91 Å². The Hall–Kier alpha value is -1.42. The maximum absolute atomic E-state index is 12.6. The van der Waals surface area contributed by atoms with Gasteiger partial charge in [0.1, 0.15) is 5.82 Å². The van der Waals surface area contributed by atoms with Gasteiger partial charge in [-0.3, -0.25) is 9.59 Å². The molecule has 0 aromatic heterocycles. The average Bonchev–Trinajstić information content (AvgIpc) is 2.11. The van der Waals surface area contributed by atoms with Crippen molar-refractivity contribution in [2.75, 3.05) is 5.32 Å². The molecular weight excluding hydrogens is 197 g/mol. The first-order valence-corrected chi connectivity index (χ1v) is 3.72. The summed E-state index contributed by atoms with van der Waals surface area (Å²) in [6, 6.07) is 3.63. The highest BCUT2D eigenvalue weighted by Gasteiger charge is 2.03. The second-order valence-corrected chi connectivity index (χ2v) is 2.64. The molecule has 0 aliphatic heterocycles. The molecule has 0 aliphatic rings. The molecule has 0 atom stereocenters. The number of benzene rings is 1. The van der Waals surface area contributed by atoms with Crippen LogP contribution in [0.15, 0.2) is 18.2 Å². The third-order valence-electron chi connectivity index (χ3n) is 1.29. The molecule has 0 spiro atoms. The molecule has 0 fully saturated rings. The summed E-state index contributed by atoms with van der Waals surface area (Å²) in [6.45, 7) is 0. The number of anilines is 1. The van der Waals surface area contributed by atoms with E-state index in [1.165, 1.54) is 12.1 Å². The number of nitrogens with one attached hydrogen (secondary N) is 1. The van der Waals surface area contributed by atoms with Crippen LogP contribution < -0.4 is 5.32 Å². The lowest BCUT2D eigenvalue weighted by atomic mass is 10.3. The fourth-order valence-corrected chi connectivity index (χ4v) is 0.926. The van der Waals surface area contributed by atoms with Crippen LogP contribution in [0.1, 0.15) is 0 Å². The number of hydrogen-bond donors (Lipinski definition) is 1. The zero-order valence-electron chi connectivity index (χ0n) is 6.38. The molecule has 1 rings (SSSR count). The van der Waals surface area contributed by atoms with Crippen LogP contribution in [0.4, 0.5) is 10.1 Å². The Balaban J connectivity index is 2.85. The molecule has 1 amide bonds. The zero-order chi connectivity index (χ0) is 9.84. The Labute approximate surface area is 78.5 Å². The number of halogens is 2. The standard InChI is InChI=1S/C8H5ClFNO2/c9-6-3-5(1-2-7(6)10)11-8(13)4-12/h1-4H,(H,11,13). The van der Waals surface area contributed by atoms with E-state index < -0.39 is 11.7 Å². The summed E-state index contributed by atoms with van der Waals surface area (Å²) in [5, 5.41) is 2.09. The molecule has 0 heterocycles. The molecule has 0 saturated carbocycles. The van der Waals surface area contributed by atoms with Crippen molar-refractivity contribution >= 4 is 29.5 Å². The van der Waals surface area contributed by atoms with Crippen molar-refractivity contribution in [1.29, 1.82) is 0 Å². The van der Waals surface area contributed by atoms with Gasteiger partial charge in [0.05, 0.1) is 5.02 Å². The predicted octanol–water partition coefficient (Wildman–Crippen LogP) is 1.62. The van der Waals surface area contributed by atoms with Crippen molar-refractivity contribution in [3.05, 3.63) is 29.0 Å². The third-order valence-corrected chi connectivity index (χ3v) is 1.58. The van der Waals surface area contributed by atoms with Crippen LogP contribution in [-0.4, -0.2) is 12.2 Å². The Morgan fingerprint density at radius 1 is 1.54 bits per heavy atom. The lowest BCUT2D eigenvalue weighted by Crippen LogP contribution is -2.12. The smallest absolute Gasteiger partial charge is 0.288 e. The Morgan fingerprint density at radius 2 is 2.23 bits per heavy atom. The first-order chi connectivity index (χ1) is 6.13. The van der Waals surface area contributed by atoms with Crippen molar-refractivity contribution < 1.29 is 14.0 Å². The van der Waals surface area contributed by atoms with Gasteiger partial charge in [-0.05, 0) is 18.2 Å². The minimum Gasteiger partial charge on any atom is -0.320 e. The van der Waals surface area contributed by atoms with E-state index in [0.717, 1.165) is 6.07 Å². The van der Waals surface area contributed by atoms with Gasteiger partial charge in [0.2, 0.25) is 6.29 Å². The van der Waals surface area contributed by atoms with E-state index in [2.05, 4.69) is 5.32 Å². The van der Waals surface area contributed by atoms with E-state index in [0.29, 0.717) is 0 Å². The van der Waals surface area contributed by atoms with Gasteiger partial charge >= 0.3 is 0 Å². The molecule has 13 heavy (non-hydrogen) atoms. The van der Waals surface area contributed by atoms with Crippen LogP contribution in [-0.2, 0) is 9.59 Å². The molecular formula is C8H5ClFNO2. The maximum Gasteiger partial charge on any atom is 0.288 e. The summed E-state index contributed by atoms with van der Waals surface area (Å²) in [4.78, 5) is 20.5. The van der Waals surface area contributed by atoms with Gasteiger partial charge in [-0.2, -0.15) is 0 Å². The van der Waals surface area contributed by atoms with Gasteiger partial charge in [-0.15, -0.1) is 0 Å². The summed E-state index contributed by atoms with van der Waals surface area (Å²) < 4.78 is 12.6. The second-order valence-electron chi connectivity index (χ2n) is 2.24. The molecule has 0 radical (unpaired) electrons. The van der Waals surface area contributed by atoms with Crippen molar-refractivity contribution in [1.82, 2.24) is 0 Å². The Morgan fingerprint density at radius 3 is 2.77 bits per heavy atom. The van der Waals surface area contributed by atoms with Gasteiger partial charge in [0.15, 0.2) is 0 Å². The van der Waals surface area contributed by atoms with E-state index in [1.54, 1.807) is 0 Å².